The molecule has 0 saturated carbocycles. The van der Waals surface area contributed by atoms with Crippen LogP contribution in [0.3, 0.4) is 0 Å². The summed E-state index contributed by atoms with van der Waals surface area (Å²) in [6, 6.07) is 0. The number of hydrogen-bond acceptors (Lipinski definition) is 3. The van der Waals surface area contributed by atoms with Gasteiger partial charge in [-0.1, -0.05) is 13.8 Å². The lowest BCUT2D eigenvalue weighted by Gasteiger charge is -2.38. The van der Waals surface area contributed by atoms with E-state index in [1.807, 2.05) is 0 Å². The Labute approximate surface area is 118 Å². The standard InChI is InChI=1S/C15H31N3O/c1-6-14(2,3)17-13(19)11-16-12-15(4)7-9-18(5)10-8-15/h16H,6-12H2,1-5H3,(H,17,19). The first-order valence-corrected chi connectivity index (χ1v) is 7.47. The van der Waals surface area contributed by atoms with E-state index in [1.54, 1.807) is 0 Å². The molecule has 0 aromatic heterocycles. The molecule has 1 amide bonds. The average Bonchev–Trinajstić information content (AvgIpc) is 2.33. The van der Waals surface area contributed by atoms with Gasteiger partial charge < -0.3 is 15.5 Å². The van der Waals surface area contributed by atoms with Crippen LogP contribution in [0, 0.1) is 5.41 Å². The average molecular weight is 269 g/mol. The smallest absolute Gasteiger partial charge is 0.234 e. The molecule has 112 valence electrons. The van der Waals surface area contributed by atoms with Crippen LogP contribution in [0.25, 0.3) is 0 Å². The van der Waals surface area contributed by atoms with E-state index in [4.69, 9.17) is 0 Å². The zero-order valence-corrected chi connectivity index (χ0v) is 13.3. The number of piperidine rings is 1. The maximum Gasteiger partial charge on any atom is 0.234 e. The molecule has 0 unspecified atom stereocenters. The van der Waals surface area contributed by atoms with Crippen molar-refractivity contribution < 1.29 is 4.79 Å². The van der Waals surface area contributed by atoms with E-state index in [0.717, 1.165) is 26.1 Å². The minimum atomic E-state index is -0.101. The predicted octanol–water partition coefficient (Wildman–Crippen LogP) is 1.61. The number of carbonyl (C=O) groups excluding carboxylic acids is 1. The molecule has 0 aromatic rings. The fourth-order valence-electron chi connectivity index (χ4n) is 2.32. The molecule has 4 heteroatoms. The van der Waals surface area contributed by atoms with Crippen LogP contribution in [-0.4, -0.2) is 49.6 Å². The molecule has 0 atom stereocenters. The number of nitrogens with zero attached hydrogens (tertiary/aromatic N) is 1. The second-order valence-electron chi connectivity index (χ2n) is 7.00. The van der Waals surface area contributed by atoms with Crippen LogP contribution in [0.2, 0.25) is 0 Å². The summed E-state index contributed by atoms with van der Waals surface area (Å²) >= 11 is 0. The van der Waals surface area contributed by atoms with Crippen LogP contribution >= 0.6 is 0 Å². The highest BCUT2D eigenvalue weighted by Crippen LogP contribution is 2.29. The fourth-order valence-corrected chi connectivity index (χ4v) is 2.32. The van der Waals surface area contributed by atoms with E-state index < -0.39 is 0 Å². The Bertz CT molecular complexity index is 294. The highest BCUT2D eigenvalue weighted by molar-refractivity contribution is 5.78. The first kappa shape index (κ1) is 16.4. The van der Waals surface area contributed by atoms with Crippen molar-refractivity contribution in [2.75, 3.05) is 33.2 Å². The third kappa shape index (κ3) is 5.91. The van der Waals surface area contributed by atoms with Crippen molar-refractivity contribution in [3.05, 3.63) is 0 Å². The van der Waals surface area contributed by atoms with Crippen LogP contribution in [-0.2, 0) is 4.79 Å². The highest BCUT2D eigenvalue weighted by atomic mass is 16.2. The minimum absolute atomic E-state index is 0.100. The van der Waals surface area contributed by atoms with Gasteiger partial charge in [-0.25, -0.2) is 0 Å². The molecule has 1 saturated heterocycles. The Morgan fingerprint density at radius 2 is 1.89 bits per heavy atom. The molecule has 1 rings (SSSR count). The maximum absolute atomic E-state index is 11.8. The van der Waals surface area contributed by atoms with Crippen molar-refractivity contribution in [1.82, 2.24) is 15.5 Å². The van der Waals surface area contributed by atoms with Gasteiger partial charge in [0.2, 0.25) is 5.91 Å². The highest BCUT2D eigenvalue weighted by Gasteiger charge is 2.28. The monoisotopic (exact) mass is 269 g/mol. The van der Waals surface area contributed by atoms with Crippen LogP contribution < -0.4 is 10.6 Å². The lowest BCUT2D eigenvalue weighted by Crippen LogP contribution is -2.48. The lowest BCUT2D eigenvalue weighted by atomic mass is 9.80. The number of rotatable bonds is 6. The Morgan fingerprint density at radius 3 is 2.42 bits per heavy atom. The van der Waals surface area contributed by atoms with Crippen molar-refractivity contribution >= 4 is 5.91 Å². The van der Waals surface area contributed by atoms with E-state index in [1.165, 1.54) is 12.8 Å². The molecule has 0 bridgehead atoms. The van der Waals surface area contributed by atoms with Gasteiger partial charge in [-0.05, 0) is 58.7 Å². The number of hydrogen-bond donors (Lipinski definition) is 2. The van der Waals surface area contributed by atoms with Crippen LogP contribution in [0.1, 0.15) is 47.0 Å². The number of likely N-dealkylation sites (tertiary alicyclic amines) is 1. The van der Waals surface area contributed by atoms with Crippen molar-refractivity contribution in [1.29, 1.82) is 0 Å². The second kappa shape index (κ2) is 6.71. The molecule has 1 heterocycles. The topological polar surface area (TPSA) is 44.4 Å². The van der Waals surface area contributed by atoms with Crippen molar-refractivity contribution in [2.24, 2.45) is 5.41 Å². The van der Waals surface area contributed by atoms with Gasteiger partial charge in [-0.2, -0.15) is 0 Å². The van der Waals surface area contributed by atoms with E-state index >= 15 is 0 Å². The van der Waals surface area contributed by atoms with Crippen molar-refractivity contribution in [3.63, 3.8) is 0 Å². The Balaban J connectivity index is 2.25. The van der Waals surface area contributed by atoms with Crippen LogP contribution in [0.5, 0.6) is 0 Å². The molecule has 0 spiro atoms. The van der Waals surface area contributed by atoms with Gasteiger partial charge in [0.1, 0.15) is 0 Å². The van der Waals surface area contributed by atoms with Gasteiger partial charge in [0.15, 0.2) is 0 Å². The summed E-state index contributed by atoms with van der Waals surface area (Å²) < 4.78 is 0. The van der Waals surface area contributed by atoms with Gasteiger partial charge in [0.25, 0.3) is 0 Å². The molecule has 1 aliphatic rings. The van der Waals surface area contributed by atoms with E-state index in [-0.39, 0.29) is 11.4 Å². The van der Waals surface area contributed by atoms with Crippen LogP contribution in [0.15, 0.2) is 0 Å². The van der Waals surface area contributed by atoms with Gasteiger partial charge >= 0.3 is 0 Å². The van der Waals surface area contributed by atoms with E-state index in [2.05, 4.69) is 50.3 Å². The first-order chi connectivity index (χ1) is 8.76. The number of amides is 1. The minimum Gasteiger partial charge on any atom is -0.350 e. The molecule has 1 fully saturated rings. The second-order valence-corrected chi connectivity index (χ2v) is 7.00. The first-order valence-electron chi connectivity index (χ1n) is 7.47. The summed E-state index contributed by atoms with van der Waals surface area (Å²) in [5.74, 6) is 0.100. The molecule has 0 aromatic carbocycles. The van der Waals surface area contributed by atoms with Crippen molar-refractivity contribution in [3.8, 4) is 0 Å². The van der Waals surface area contributed by atoms with Gasteiger partial charge in [-0.3, -0.25) is 4.79 Å². The normalized spacial score (nSPS) is 20.3. The van der Waals surface area contributed by atoms with Gasteiger partial charge in [0.05, 0.1) is 6.54 Å². The van der Waals surface area contributed by atoms with Crippen LogP contribution in [0.4, 0.5) is 0 Å². The summed E-state index contributed by atoms with van der Waals surface area (Å²) in [4.78, 5) is 14.2. The predicted molar refractivity (Wildman–Crippen MR) is 80.2 cm³/mol. The molecular formula is C15H31N3O. The Hall–Kier alpha value is -0.610. The quantitative estimate of drug-likeness (QED) is 0.770. The maximum atomic E-state index is 11.8. The molecule has 4 nitrogen and oxygen atoms in total. The zero-order chi connectivity index (χ0) is 14.5. The Kier molecular flexibility index (Phi) is 5.81. The summed E-state index contributed by atoms with van der Waals surface area (Å²) in [6.07, 6.45) is 3.36. The Morgan fingerprint density at radius 1 is 1.32 bits per heavy atom. The van der Waals surface area contributed by atoms with Crippen molar-refractivity contribution in [2.45, 2.75) is 52.5 Å². The van der Waals surface area contributed by atoms with E-state index in [0.29, 0.717) is 12.0 Å². The SMILES string of the molecule is CCC(C)(C)NC(=O)CNCC1(C)CCN(C)CC1. The summed E-state index contributed by atoms with van der Waals surface area (Å²) in [7, 11) is 2.17. The van der Waals surface area contributed by atoms with E-state index in [9.17, 15) is 4.79 Å². The molecule has 2 N–H and O–H groups in total. The third-order valence-corrected chi connectivity index (χ3v) is 4.39. The molecule has 0 radical (unpaired) electrons. The third-order valence-electron chi connectivity index (χ3n) is 4.39. The fraction of sp³-hybridized carbons (Fsp3) is 0.933. The summed E-state index contributed by atoms with van der Waals surface area (Å²) in [6.45, 7) is 12.2. The zero-order valence-electron chi connectivity index (χ0n) is 13.3. The summed E-state index contributed by atoms with van der Waals surface area (Å²) in [5.41, 5.74) is 0.239. The molecule has 19 heavy (non-hydrogen) atoms. The lowest BCUT2D eigenvalue weighted by molar-refractivity contribution is -0.121. The summed E-state index contributed by atoms with van der Waals surface area (Å²) in [5, 5.41) is 6.38. The molecular weight excluding hydrogens is 238 g/mol. The number of carbonyl (C=O) groups is 1. The largest absolute Gasteiger partial charge is 0.350 e. The number of nitrogens with one attached hydrogen (secondary N) is 2. The van der Waals surface area contributed by atoms with Gasteiger partial charge in [-0.15, -0.1) is 0 Å². The molecule has 1 aliphatic heterocycles. The van der Waals surface area contributed by atoms with Gasteiger partial charge in [0, 0.05) is 12.1 Å². The molecule has 0 aliphatic carbocycles.